The monoisotopic (exact) mass is 206 g/mol. The number of rotatable bonds is 2. The Kier molecular flexibility index (Phi) is 2.50. The van der Waals surface area contributed by atoms with E-state index in [4.69, 9.17) is 0 Å². The minimum atomic E-state index is 1.07. The van der Waals surface area contributed by atoms with Crippen LogP contribution in [0.15, 0.2) is 23.4 Å². The molecule has 0 aliphatic heterocycles. The summed E-state index contributed by atoms with van der Waals surface area (Å²) >= 11 is 1.79. The van der Waals surface area contributed by atoms with Crippen LogP contribution in [0, 0.1) is 6.92 Å². The van der Waals surface area contributed by atoms with Crippen molar-refractivity contribution in [3.8, 4) is 0 Å². The molecule has 0 saturated carbocycles. The molecule has 2 rings (SSSR count). The second-order valence-electron chi connectivity index (χ2n) is 3.33. The van der Waals surface area contributed by atoms with E-state index in [9.17, 15) is 0 Å². The number of aromatic nitrogens is 2. The first kappa shape index (κ1) is 9.59. The Hall–Kier alpha value is -0.960. The SMILES string of the molecule is CCSc1nc2c(C)cccc2n1C. The molecule has 0 atom stereocenters. The number of hydrogen-bond acceptors (Lipinski definition) is 2. The highest BCUT2D eigenvalue weighted by Crippen LogP contribution is 2.24. The Morgan fingerprint density at radius 2 is 2.21 bits per heavy atom. The summed E-state index contributed by atoms with van der Waals surface area (Å²) in [5.41, 5.74) is 3.60. The smallest absolute Gasteiger partial charge is 0.168 e. The third-order valence-electron chi connectivity index (χ3n) is 2.35. The van der Waals surface area contributed by atoms with Gasteiger partial charge in [0.2, 0.25) is 0 Å². The van der Waals surface area contributed by atoms with Crippen LogP contribution in [0.25, 0.3) is 11.0 Å². The summed E-state index contributed by atoms with van der Waals surface area (Å²) < 4.78 is 2.16. The summed E-state index contributed by atoms with van der Waals surface area (Å²) in [6, 6.07) is 6.31. The van der Waals surface area contributed by atoms with Crippen LogP contribution in [0.5, 0.6) is 0 Å². The van der Waals surface area contributed by atoms with E-state index in [0.29, 0.717) is 0 Å². The van der Waals surface area contributed by atoms with E-state index in [1.54, 1.807) is 11.8 Å². The van der Waals surface area contributed by atoms with Gasteiger partial charge in [-0.15, -0.1) is 0 Å². The predicted octanol–water partition coefficient (Wildman–Crippen LogP) is 2.99. The molecule has 0 unspecified atom stereocenters. The molecular formula is C11H14N2S. The van der Waals surface area contributed by atoms with Crippen LogP contribution in [0.3, 0.4) is 0 Å². The van der Waals surface area contributed by atoms with E-state index < -0.39 is 0 Å². The molecular weight excluding hydrogens is 192 g/mol. The van der Waals surface area contributed by atoms with Crippen LogP contribution < -0.4 is 0 Å². The maximum absolute atomic E-state index is 4.63. The van der Waals surface area contributed by atoms with Gasteiger partial charge in [0.05, 0.1) is 11.0 Å². The predicted molar refractivity (Wildman–Crippen MR) is 61.8 cm³/mol. The number of nitrogens with zero attached hydrogens (tertiary/aromatic N) is 2. The second kappa shape index (κ2) is 3.65. The summed E-state index contributed by atoms with van der Waals surface area (Å²) in [6.07, 6.45) is 0. The maximum Gasteiger partial charge on any atom is 0.168 e. The van der Waals surface area contributed by atoms with Crippen LogP contribution in [-0.4, -0.2) is 15.3 Å². The molecule has 0 fully saturated rings. The highest BCUT2D eigenvalue weighted by molar-refractivity contribution is 7.99. The molecule has 1 aromatic heterocycles. The van der Waals surface area contributed by atoms with Crippen LogP contribution in [0.4, 0.5) is 0 Å². The first-order chi connectivity index (χ1) is 6.74. The third-order valence-corrected chi connectivity index (χ3v) is 3.26. The number of imidazole rings is 1. The van der Waals surface area contributed by atoms with Crippen molar-refractivity contribution in [2.45, 2.75) is 19.0 Å². The van der Waals surface area contributed by atoms with Crippen molar-refractivity contribution in [2.75, 3.05) is 5.75 Å². The van der Waals surface area contributed by atoms with Crippen LogP contribution in [-0.2, 0) is 7.05 Å². The van der Waals surface area contributed by atoms with Gasteiger partial charge in [0.25, 0.3) is 0 Å². The first-order valence-electron chi connectivity index (χ1n) is 4.79. The maximum atomic E-state index is 4.63. The van der Waals surface area contributed by atoms with Crippen molar-refractivity contribution in [2.24, 2.45) is 7.05 Å². The van der Waals surface area contributed by atoms with Crippen molar-refractivity contribution in [3.63, 3.8) is 0 Å². The molecule has 74 valence electrons. The van der Waals surface area contributed by atoms with Crippen molar-refractivity contribution in [3.05, 3.63) is 23.8 Å². The Morgan fingerprint density at radius 3 is 2.86 bits per heavy atom. The Balaban J connectivity index is 2.67. The lowest BCUT2D eigenvalue weighted by Gasteiger charge is -1.98. The van der Waals surface area contributed by atoms with Gasteiger partial charge < -0.3 is 4.57 Å². The normalized spacial score (nSPS) is 11.1. The molecule has 0 aliphatic carbocycles. The fourth-order valence-corrected chi connectivity index (χ4v) is 2.30. The van der Waals surface area contributed by atoms with Crippen molar-refractivity contribution < 1.29 is 0 Å². The topological polar surface area (TPSA) is 17.8 Å². The zero-order valence-corrected chi connectivity index (χ0v) is 9.56. The van der Waals surface area contributed by atoms with E-state index in [-0.39, 0.29) is 0 Å². The lowest BCUT2D eigenvalue weighted by Crippen LogP contribution is -1.90. The zero-order chi connectivity index (χ0) is 10.1. The number of aryl methyl sites for hydroxylation is 2. The lowest BCUT2D eigenvalue weighted by atomic mass is 10.2. The van der Waals surface area contributed by atoms with Gasteiger partial charge in [0.1, 0.15) is 0 Å². The Morgan fingerprint density at radius 1 is 1.43 bits per heavy atom. The number of thioether (sulfide) groups is 1. The van der Waals surface area contributed by atoms with Gasteiger partial charge >= 0.3 is 0 Å². The quantitative estimate of drug-likeness (QED) is 0.703. The molecule has 14 heavy (non-hydrogen) atoms. The Bertz CT molecular complexity index is 460. The zero-order valence-electron chi connectivity index (χ0n) is 8.74. The van der Waals surface area contributed by atoms with Crippen molar-refractivity contribution in [1.82, 2.24) is 9.55 Å². The standard InChI is InChI=1S/C11H14N2S/c1-4-14-11-12-10-8(2)6-5-7-9(10)13(11)3/h5-7H,4H2,1-3H3. The second-order valence-corrected chi connectivity index (χ2v) is 4.56. The largest absolute Gasteiger partial charge is 0.322 e. The fourth-order valence-electron chi connectivity index (χ4n) is 1.59. The van der Waals surface area contributed by atoms with Gasteiger partial charge in [-0.2, -0.15) is 0 Å². The molecule has 2 nitrogen and oxygen atoms in total. The highest BCUT2D eigenvalue weighted by atomic mass is 32.2. The minimum Gasteiger partial charge on any atom is -0.322 e. The number of hydrogen-bond donors (Lipinski definition) is 0. The molecule has 0 amide bonds. The van der Waals surface area contributed by atoms with E-state index in [1.807, 2.05) is 0 Å². The van der Waals surface area contributed by atoms with Crippen LogP contribution >= 0.6 is 11.8 Å². The van der Waals surface area contributed by atoms with Crippen LogP contribution in [0.2, 0.25) is 0 Å². The van der Waals surface area contributed by atoms with Crippen molar-refractivity contribution in [1.29, 1.82) is 0 Å². The Labute approximate surface area is 88.3 Å². The number of benzene rings is 1. The van der Waals surface area contributed by atoms with Gasteiger partial charge in [-0.25, -0.2) is 4.98 Å². The van der Waals surface area contributed by atoms with Crippen LogP contribution in [0.1, 0.15) is 12.5 Å². The molecule has 0 spiro atoms. The van der Waals surface area contributed by atoms with Gasteiger partial charge in [-0.05, 0) is 24.3 Å². The third kappa shape index (κ3) is 1.42. The van der Waals surface area contributed by atoms with Crippen molar-refractivity contribution >= 4 is 22.8 Å². The summed E-state index contributed by atoms with van der Waals surface area (Å²) in [6.45, 7) is 4.26. The summed E-state index contributed by atoms with van der Waals surface area (Å²) in [5, 5.41) is 1.11. The average Bonchev–Trinajstić information content (AvgIpc) is 2.48. The molecule has 0 N–H and O–H groups in total. The first-order valence-corrected chi connectivity index (χ1v) is 5.77. The van der Waals surface area contributed by atoms with E-state index in [2.05, 4.69) is 48.6 Å². The van der Waals surface area contributed by atoms with Gasteiger partial charge in [0, 0.05) is 7.05 Å². The molecule has 0 radical (unpaired) electrons. The molecule has 3 heteroatoms. The summed E-state index contributed by atoms with van der Waals surface area (Å²) in [7, 11) is 2.08. The van der Waals surface area contributed by atoms with E-state index >= 15 is 0 Å². The molecule has 0 aliphatic rings. The molecule has 2 aromatic rings. The summed E-state index contributed by atoms with van der Waals surface area (Å²) in [4.78, 5) is 4.63. The lowest BCUT2D eigenvalue weighted by molar-refractivity contribution is 0.815. The molecule has 0 saturated heterocycles. The van der Waals surface area contributed by atoms with E-state index in [1.165, 1.54) is 11.1 Å². The minimum absolute atomic E-state index is 1.07. The average molecular weight is 206 g/mol. The number of fused-ring (bicyclic) bond motifs is 1. The van der Waals surface area contributed by atoms with Gasteiger partial charge in [0.15, 0.2) is 5.16 Å². The molecule has 1 aromatic carbocycles. The van der Waals surface area contributed by atoms with Gasteiger partial charge in [-0.1, -0.05) is 30.8 Å². The summed E-state index contributed by atoms with van der Waals surface area (Å²) in [5.74, 6) is 1.07. The highest BCUT2D eigenvalue weighted by Gasteiger charge is 2.08. The molecule has 1 heterocycles. The van der Waals surface area contributed by atoms with Gasteiger partial charge in [-0.3, -0.25) is 0 Å². The fraction of sp³-hybridized carbons (Fsp3) is 0.364. The number of para-hydroxylation sites is 1. The molecule has 0 bridgehead atoms. The van der Waals surface area contributed by atoms with E-state index in [0.717, 1.165) is 16.4 Å².